The summed E-state index contributed by atoms with van der Waals surface area (Å²) >= 11 is 2.90. The second-order valence-electron chi connectivity index (χ2n) is 4.61. The molecule has 3 aromatic rings. The van der Waals surface area contributed by atoms with Crippen LogP contribution in [0, 0.1) is 18.3 Å². The summed E-state index contributed by atoms with van der Waals surface area (Å²) in [6, 6.07) is 9.66. The molecule has 0 aliphatic heterocycles. The fraction of sp³-hybridized carbons (Fsp3) is 0.125. The first-order valence-electron chi connectivity index (χ1n) is 6.56. The monoisotopic (exact) mass is 325 g/mol. The Bertz CT molecular complexity index is 868. The minimum absolute atomic E-state index is 0.271. The SMILES string of the molecule is Cc1nc(/C=C/C(=O)[C@@H](C#N)c2nc3ccccc3s2)cs1. The average Bonchev–Trinajstić information content (AvgIpc) is 3.11. The van der Waals surface area contributed by atoms with Gasteiger partial charge < -0.3 is 0 Å². The Hall–Kier alpha value is -2.36. The summed E-state index contributed by atoms with van der Waals surface area (Å²) in [5.41, 5.74) is 1.55. The highest BCUT2D eigenvalue weighted by molar-refractivity contribution is 7.18. The molecule has 2 aromatic heterocycles. The van der Waals surface area contributed by atoms with E-state index in [1.807, 2.05) is 42.6 Å². The molecule has 0 aliphatic rings. The average molecular weight is 325 g/mol. The molecule has 0 N–H and O–H groups in total. The predicted octanol–water partition coefficient (Wildman–Crippen LogP) is 3.95. The zero-order valence-corrected chi connectivity index (χ0v) is 13.3. The Balaban J connectivity index is 1.85. The number of ketones is 1. The van der Waals surface area contributed by atoms with Crippen molar-refractivity contribution in [2.24, 2.45) is 0 Å². The van der Waals surface area contributed by atoms with Gasteiger partial charge in [-0.15, -0.1) is 22.7 Å². The van der Waals surface area contributed by atoms with Crippen molar-refractivity contribution >= 4 is 44.7 Å². The van der Waals surface area contributed by atoms with E-state index in [4.69, 9.17) is 0 Å². The lowest BCUT2D eigenvalue weighted by Crippen LogP contribution is -2.07. The van der Waals surface area contributed by atoms with Crippen molar-refractivity contribution in [2.75, 3.05) is 0 Å². The van der Waals surface area contributed by atoms with Gasteiger partial charge in [-0.3, -0.25) is 4.79 Å². The highest BCUT2D eigenvalue weighted by atomic mass is 32.1. The number of hydrogen-bond donors (Lipinski definition) is 0. The van der Waals surface area contributed by atoms with Crippen molar-refractivity contribution in [1.29, 1.82) is 5.26 Å². The van der Waals surface area contributed by atoms with Crippen LogP contribution in [0.25, 0.3) is 16.3 Å². The number of fused-ring (bicyclic) bond motifs is 1. The van der Waals surface area contributed by atoms with Crippen molar-refractivity contribution in [2.45, 2.75) is 12.8 Å². The minimum atomic E-state index is -0.867. The topological polar surface area (TPSA) is 66.6 Å². The van der Waals surface area contributed by atoms with Gasteiger partial charge in [0.15, 0.2) is 11.7 Å². The van der Waals surface area contributed by atoms with E-state index in [0.29, 0.717) is 5.01 Å². The van der Waals surface area contributed by atoms with Crippen LogP contribution < -0.4 is 0 Å². The van der Waals surface area contributed by atoms with Crippen LogP contribution in [-0.4, -0.2) is 15.8 Å². The smallest absolute Gasteiger partial charge is 0.179 e. The predicted molar refractivity (Wildman–Crippen MR) is 88.9 cm³/mol. The van der Waals surface area contributed by atoms with Crippen molar-refractivity contribution < 1.29 is 4.79 Å². The lowest BCUT2D eigenvalue weighted by Gasteiger charge is -1.99. The molecule has 22 heavy (non-hydrogen) atoms. The normalized spacial score (nSPS) is 12.5. The number of aryl methyl sites for hydroxylation is 1. The third-order valence-electron chi connectivity index (χ3n) is 3.03. The summed E-state index contributed by atoms with van der Waals surface area (Å²) in [5.74, 6) is -1.14. The summed E-state index contributed by atoms with van der Waals surface area (Å²) in [5, 5.41) is 12.7. The van der Waals surface area contributed by atoms with Gasteiger partial charge in [-0.25, -0.2) is 9.97 Å². The van der Waals surface area contributed by atoms with E-state index in [-0.39, 0.29) is 5.78 Å². The fourth-order valence-corrected chi connectivity index (χ4v) is 3.58. The van der Waals surface area contributed by atoms with E-state index < -0.39 is 5.92 Å². The Labute approximate surface area is 135 Å². The summed E-state index contributed by atoms with van der Waals surface area (Å²) in [7, 11) is 0. The maximum absolute atomic E-state index is 12.3. The lowest BCUT2D eigenvalue weighted by molar-refractivity contribution is -0.114. The largest absolute Gasteiger partial charge is 0.293 e. The molecule has 6 heteroatoms. The summed E-state index contributed by atoms with van der Waals surface area (Å²) in [6.07, 6.45) is 3.05. The van der Waals surface area contributed by atoms with Crippen LogP contribution in [0.5, 0.6) is 0 Å². The van der Waals surface area contributed by atoms with Crippen molar-refractivity contribution in [3.8, 4) is 6.07 Å². The zero-order valence-electron chi connectivity index (χ0n) is 11.7. The summed E-state index contributed by atoms with van der Waals surface area (Å²) < 4.78 is 0.977. The number of rotatable bonds is 4. The number of aromatic nitrogens is 2. The van der Waals surface area contributed by atoms with Crippen LogP contribution in [0.4, 0.5) is 0 Å². The second kappa shape index (κ2) is 6.18. The van der Waals surface area contributed by atoms with E-state index in [9.17, 15) is 10.1 Å². The molecule has 3 rings (SSSR count). The first kappa shape index (κ1) is 14.6. The molecule has 0 bridgehead atoms. The van der Waals surface area contributed by atoms with E-state index in [0.717, 1.165) is 20.9 Å². The summed E-state index contributed by atoms with van der Waals surface area (Å²) in [6.45, 7) is 1.91. The van der Waals surface area contributed by atoms with Crippen molar-refractivity contribution in [3.63, 3.8) is 0 Å². The van der Waals surface area contributed by atoms with Gasteiger partial charge >= 0.3 is 0 Å². The van der Waals surface area contributed by atoms with Crippen LogP contribution >= 0.6 is 22.7 Å². The molecular weight excluding hydrogens is 314 g/mol. The molecule has 0 fully saturated rings. The molecule has 1 atom stereocenters. The molecule has 0 spiro atoms. The number of thiazole rings is 2. The molecule has 4 nitrogen and oxygen atoms in total. The second-order valence-corrected chi connectivity index (χ2v) is 6.73. The van der Waals surface area contributed by atoms with Gasteiger partial charge in [0.2, 0.25) is 0 Å². The Morgan fingerprint density at radius 2 is 2.18 bits per heavy atom. The molecule has 0 amide bonds. The third kappa shape index (κ3) is 2.96. The molecule has 0 saturated carbocycles. The van der Waals surface area contributed by atoms with E-state index >= 15 is 0 Å². The highest BCUT2D eigenvalue weighted by Gasteiger charge is 2.22. The van der Waals surface area contributed by atoms with Crippen LogP contribution in [-0.2, 0) is 4.79 Å². The number of benzene rings is 1. The minimum Gasteiger partial charge on any atom is -0.293 e. The first-order valence-corrected chi connectivity index (χ1v) is 8.26. The quantitative estimate of drug-likeness (QED) is 0.681. The van der Waals surface area contributed by atoms with E-state index in [2.05, 4.69) is 9.97 Å². The van der Waals surface area contributed by atoms with Gasteiger partial charge in [-0.2, -0.15) is 5.26 Å². The van der Waals surface area contributed by atoms with Gasteiger partial charge in [0, 0.05) is 5.38 Å². The first-order chi connectivity index (χ1) is 10.7. The van der Waals surface area contributed by atoms with Crippen LogP contribution in [0.15, 0.2) is 35.7 Å². The fourth-order valence-electron chi connectivity index (χ4n) is 1.97. The number of carbonyl (C=O) groups is 1. The van der Waals surface area contributed by atoms with Gasteiger partial charge in [-0.05, 0) is 31.2 Å². The maximum Gasteiger partial charge on any atom is 0.179 e. The standard InChI is InChI=1S/C16H11N3OS2/c1-10-18-11(9-21-10)6-7-14(20)12(8-17)16-19-13-4-2-3-5-15(13)22-16/h2-7,9,12H,1H3/b7-6+/t12-/m1/s1. The molecule has 2 heterocycles. The molecule has 1 aromatic carbocycles. The molecular formula is C16H11N3OS2. The molecule has 108 valence electrons. The van der Waals surface area contributed by atoms with Crippen LogP contribution in [0.2, 0.25) is 0 Å². The molecule has 0 radical (unpaired) electrons. The number of hydrogen-bond acceptors (Lipinski definition) is 6. The number of nitriles is 1. The highest BCUT2D eigenvalue weighted by Crippen LogP contribution is 2.28. The number of nitrogens with zero attached hydrogens (tertiary/aromatic N) is 3. The Kier molecular flexibility index (Phi) is 4.09. The number of para-hydroxylation sites is 1. The van der Waals surface area contributed by atoms with Gasteiger partial charge in [-0.1, -0.05) is 12.1 Å². The van der Waals surface area contributed by atoms with Crippen molar-refractivity contribution in [3.05, 3.63) is 51.4 Å². The van der Waals surface area contributed by atoms with E-state index in [1.54, 1.807) is 6.08 Å². The van der Waals surface area contributed by atoms with E-state index in [1.165, 1.54) is 28.7 Å². The molecule has 0 saturated heterocycles. The van der Waals surface area contributed by atoms with Crippen LogP contribution in [0.3, 0.4) is 0 Å². The number of carbonyl (C=O) groups excluding carboxylic acids is 1. The Morgan fingerprint density at radius 1 is 1.36 bits per heavy atom. The lowest BCUT2D eigenvalue weighted by atomic mass is 10.1. The maximum atomic E-state index is 12.3. The summed E-state index contributed by atoms with van der Waals surface area (Å²) in [4.78, 5) is 20.9. The molecule has 0 aliphatic carbocycles. The van der Waals surface area contributed by atoms with Gasteiger partial charge in [0.05, 0.1) is 27.0 Å². The van der Waals surface area contributed by atoms with Crippen molar-refractivity contribution in [1.82, 2.24) is 9.97 Å². The van der Waals surface area contributed by atoms with Gasteiger partial charge in [0.1, 0.15) is 5.01 Å². The Morgan fingerprint density at radius 3 is 2.86 bits per heavy atom. The number of allylic oxidation sites excluding steroid dienone is 1. The zero-order chi connectivity index (χ0) is 15.5. The van der Waals surface area contributed by atoms with Gasteiger partial charge in [0.25, 0.3) is 0 Å². The van der Waals surface area contributed by atoms with Crippen LogP contribution in [0.1, 0.15) is 21.6 Å². The molecule has 0 unspecified atom stereocenters. The third-order valence-corrected chi connectivity index (χ3v) is 4.92.